The largest absolute Gasteiger partial charge is 0.235 e. The quantitative estimate of drug-likeness (QED) is 0.735. The molecule has 0 aliphatic carbocycles. The van der Waals surface area contributed by atoms with Gasteiger partial charge in [0, 0.05) is 5.56 Å². The number of sulfone groups is 1. The average molecular weight is 330 g/mol. The maximum Gasteiger partial charge on any atom is 0.235 e. The Kier molecular flexibility index (Phi) is 3.80. The van der Waals surface area contributed by atoms with Crippen molar-refractivity contribution in [3.05, 3.63) is 59.7 Å². The molecule has 112 valence electrons. The van der Waals surface area contributed by atoms with E-state index in [1.807, 2.05) is 38.1 Å². The van der Waals surface area contributed by atoms with Gasteiger partial charge in [-0.15, -0.1) is 0 Å². The predicted molar refractivity (Wildman–Crippen MR) is 86.7 cm³/mol. The van der Waals surface area contributed by atoms with Crippen LogP contribution in [0.3, 0.4) is 0 Å². The molecule has 6 heteroatoms. The average Bonchev–Trinajstić information content (AvgIpc) is 2.98. The number of hydrogen-bond acceptors (Lipinski definition) is 5. The lowest BCUT2D eigenvalue weighted by Gasteiger charge is -2.01. The van der Waals surface area contributed by atoms with E-state index in [0.717, 1.165) is 28.2 Å². The van der Waals surface area contributed by atoms with Crippen molar-refractivity contribution in [1.82, 2.24) is 9.36 Å². The van der Waals surface area contributed by atoms with Gasteiger partial charge in [0.15, 0.2) is 5.82 Å². The normalized spacial score (nSPS) is 11.5. The highest BCUT2D eigenvalue weighted by Crippen LogP contribution is 2.27. The Bertz CT molecular complexity index is 913. The summed E-state index contributed by atoms with van der Waals surface area (Å²) in [5.74, 6) is 0.453. The van der Waals surface area contributed by atoms with E-state index < -0.39 is 9.84 Å². The van der Waals surface area contributed by atoms with Crippen LogP contribution in [0.1, 0.15) is 11.1 Å². The Morgan fingerprint density at radius 1 is 0.955 bits per heavy atom. The van der Waals surface area contributed by atoms with E-state index in [2.05, 4.69) is 9.36 Å². The lowest BCUT2D eigenvalue weighted by atomic mass is 10.1. The van der Waals surface area contributed by atoms with Gasteiger partial charge in [0.05, 0.1) is 4.90 Å². The molecule has 0 radical (unpaired) electrons. The molecular weight excluding hydrogens is 316 g/mol. The fourth-order valence-electron chi connectivity index (χ4n) is 2.07. The lowest BCUT2D eigenvalue weighted by molar-refractivity contribution is 0.595. The maximum atomic E-state index is 12.6. The van der Waals surface area contributed by atoms with Crippen LogP contribution in [-0.4, -0.2) is 17.8 Å². The summed E-state index contributed by atoms with van der Waals surface area (Å²) in [5.41, 5.74) is 2.88. The molecule has 0 bridgehead atoms. The second kappa shape index (κ2) is 5.62. The van der Waals surface area contributed by atoms with Crippen molar-refractivity contribution in [3.8, 4) is 11.4 Å². The van der Waals surface area contributed by atoms with E-state index in [1.165, 1.54) is 0 Å². The lowest BCUT2D eigenvalue weighted by Crippen LogP contribution is -2.01. The van der Waals surface area contributed by atoms with Crippen molar-refractivity contribution < 1.29 is 8.42 Å². The molecule has 0 fully saturated rings. The van der Waals surface area contributed by atoms with Crippen molar-refractivity contribution in [3.63, 3.8) is 0 Å². The zero-order valence-electron chi connectivity index (χ0n) is 12.1. The van der Waals surface area contributed by atoms with Crippen molar-refractivity contribution in [2.45, 2.75) is 23.1 Å². The summed E-state index contributed by atoms with van der Waals surface area (Å²) in [6, 6.07) is 14.4. The molecule has 0 N–H and O–H groups in total. The first-order valence-corrected chi connectivity index (χ1v) is 8.95. The van der Waals surface area contributed by atoms with Crippen molar-refractivity contribution in [2.75, 3.05) is 0 Å². The molecule has 0 unspecified atom stereocenters. The van der Waals surface area contributed by atoms with Crippen LogP contribution in [-0.2, 0) is 9.84 Å². The van der Waals surface area contributed by atoms with Crippen LogP contribution in [0.15, 0.2) is 57.8 Å². The summed E-state index contributed by atoms with van der Waals surface area (Å²) in [4.78, 5) is 4.47. The van der Waals surface area contributed by atoms with Crippen LogP contribution in [0.4, 0.5) is 0 Å². The Morgan fingerprint density at radius 2 is 1.64 bits per heavy atom. The molecule has 22 heavy (non-hydrogen) atoms. The minimum Gasteiger partial charge on any atom is -0.216 e. The Hall–Kier alpha value is -2.05. The number of aryl methyl sites for hydroxylation is 2. The third-order valence-electron chi connectivity index (χ3n) is 3.35. The van der Waals surface area contributed by atoms with Crippen molar-refractivity contribution >= 4 is 21.4 Å². The smallest absolute Gasteiger partial charge is 0.216 e. The number of hydrogen-bond donors (Lipinski definition) is 0. The predicted octanol–water partition coefficient (Wildman–Crippen LogP) is 3.65. The summed E-state index contributed by atoms with van der Waals surface area (Å²) in [6.07, 6.45) is 0. The van der Waals surface area contributed by atoms with Gasteiger partial charge in [-0.25, -0.2) is 13.4 Å². The third-order valence-corrected chi connectivity index (χ3v) is 6.19. The Balaban J connectivity index is 2.03. The molecule has 0 spiro atoms. The van der Waals surface area contributed by atoms with Crippen LogP contribution in [0.25, 0.3) is 11.4 Å². The molecule has 3 rings (SSSR count). The number of benzene rings is 2. The summed E-state index contributed by atoms with van der Waals surface area (Å²) in [6.45, 7) is 3.86. The number of nitrogens with zero attached hydrogens (tertiary/aromatic N) is 2. The molecular formula is C16H14N2O2S2. The molecule has 1 aromatic heterocycles. The van der Waals surface area contributed by atoms with Gasteiger partial charge in [0.1, 0.15) is 0 Å². The molecule has 0 amide bonds. The SMILES string of the molecule is Cc1ccc(S(=O)(=O)c2nc(-c3ccccc3C)ns2)cc1. The highest BCUT2D eigenvalue weighted by Gasteiger charge is 2.23. The topological polar surface area (TPSA) is 59.9 Å². The third kappa shape index (κ3) is 2.67. The van der Waals surface area contributed by atoms with Gasteiger partial charge in [-0.3, -0.25) is 0 Å². The molecule has 0 saturated heterocycles. The molecule has 0 aliphatic heterocycles. The minimum atomic E-state index is -3.61. The van der Waals surface area contributed by atoms with Crippen LogP contribution in [0, 0.1) is 13.8 Å². The molecule has 0 saturated carbocycles. The molecule has 4 nitrogen and oxygen atoms in total. The molecule has 0 aliphatic rings. The van der Waals surface area contributed by atoms with E-state index in [-0.39, 0.29) is 9.24 Å². The van der Waals surface area contributed by atoms with E-state index in [4.69, 9.17) is 0 Å². The zero-order chi connectivity index (χ0) is 15.7. The van der Waals surface area contributed by atoms with Gasteiger partial charge in [0.2, 0.25) is 14.2 Å². The van der Waals surface area contributed by atoms with Crippen molar-refractivity contribution in [2.24, 2.45) is 0 Å². The number of rotatable bonds is 3. The van der Waals surface area contributed by atoms with E-state index in [9.17, 15) is 8.42 Å². The Morgan fingerprint density at radius 3 is 2.32 bits per heavy atom. The summed E-state index contributed by atoms with van der Waals surface area (Å²) < 4.78 is 29.4. The van der Waals surface area contributed by atoms with Crippen molar-refractivity contribution in [1.29, 1.82) is 0 Å². The summed E-state index contributed by atoms with van der Waals surface area (Å²) >= 11 is 0.910. The monoisotopic (exact) mass is 330 g/mol. The van der Waals surface area contributed by atoms with Gasteiger partial charge < -0.3 is 0 Å². The Labute approximate surface area is 133 Å². The minimum absolute atomic E-state index is 0.0228. The zero-order valence-corrected chi connectivity index (χ0v) is 13.8. The van der Waals surface area contributed by atoms with E-state index >= 15 is 0 Å². The van der Waals surface area contributed by atoms with E-state index in [0.29, 0.717) is 5.82 Å². The number of aromatic nitrogens is 2. The summed E-state index contributed by atoms with van der Waals surface area (Å²) in [5, 5.41) is 0. The van der Waals surface area contributed by atoms with E-state index in [1.54, 1.807) is 24.3 Å². The molecule has 3 aromatic rings. The highest BCUT2D eigenvalue weighted by atomic mass is 32.2. The van der Waals surface area contributed by atoms with Crippen LogP contribution in [0.2, 0.25) is 0 Å². The second-order valence-electron chi connectivity index (χ2n) is 5.02. The standard InChI is InChI=1S/C16H14N2O2S2/c1-11-7-9-13(10-8-11)22(19,20)16-17-15(18-21-16)14-6-4-3-5-12(14)2/h3-10H,1-2H3. The maximum absolute atomic E-state index is 12.6. The van der Waals surface area contributed by atoms with Gasteiger partial charge in [-0.2, -0.15) is 4.37 Å². The van der Waals surface area contributed by atoms with Gasteiger partial charge in [-0.05, 0) is 43.1 Å². The van der Waals surface area contributed by atoms with Gasteiger partial charge >= 0.3 is 0 Å². The van der Waals surface area contributed by atoms with Gasteiger partial charge in [0.25, 0.3) is 0 Å². The van der Waals surface area contributed by atoms with Crippen LogP contribution >= 0.6 is 11.5 Å². The van der Waals surface area contributed by atoms with Gasteiger partial charge in [-0.1, -0.05) is 42.0 Å². The molecule has 2 aromatic carbocycles. The summed E-state index contributed by atoms with van der Waals surface area (Å²) in [7, 11) is -3.61. The fraction of sp³-hybridized carbons (Fsp3) is 0.125. The first-order valence-electron chi connectivity index (χ1n) is 6.70. The van der Waals surface area contributed by atoms with Crippen LogP contribution in [0.5, 0.6) is 0 Å². The first kappa shape index (κ1) is 14.9. The fourth-order valence-corrected chi connectivity index (χ4v) is 4.20. The van der Waals surface area contributed by atoms with Crippen LogP contribution < -0.4 is 0 Å². The molecule has 0 atom stereocenters. The molecule has 1 heterocycles. The first-order chi connectivity index (χ1) is 10.5. The highest BCUT2D eigenvalue weighted by molar-refractivity contribution is 7.93. The second-order valence-corrected chi connectivity index (χ2v) is 7.89.